The van der Waals surface area contributed by atoms with E-state index >= 15 is 0 Å². The van der Waals surface area contributed by atoms with Crippen molar-refractivity contribution in [2.24, 2.45) is 11.1 Å². The second-order valence-corrected chi connectivity index (χ2v) is 6.86. The molecule has 1 amide bonds. The zero-order chi connectivity index (χ0) is 16.2. The van der Waals surface area contributed by atoms with Crippen molar-refractivity contribution >= 4 is 11.6 Å². The maximum absolute atomic E-state index is 12.2. The number of hydrogen-bond donors (Lipinski definition) is 2. The average Bonchev–Trinajstić information content (AvgIpc) is 2.32. The Kier molecular flexibility index (Phi) is 5.93. The van der Waals surface area contributed by atoms with Gasteiger partial charge in [0.2, 0.25) is 5.91 Å². The van der Waals surface area contributed by atoms with Crippen LogP contribution in [0.2, 0.25) is 0 Å². The van der Waals surface area contributed by atoms with Crippen molar-refractivity contribution in [1.82, 2.24) is 4.90 Å². The molecule has 0 unspecified atom stereocenters. The molecule has 4 nitrogen and oxygen atoms in total. The number of benzene rings is 1. The van der Waals surface area contributed by atoms with Crippen LogP contribution in [0.3, 0.4) is 0 Å². The van der Waals surface area contributed by atoms with E-state index in [0.717, 1.165) is 23.4 Å². The zero-order valence-corrected chi connectivity index (χ0v) is 14.2. The van der Waals surface area contributed by atoms with Crippen LogP contribution in [0.1, 0.15) is 30.5 Å². The first-order chi connectivity index (χ1) is 9.64. The number of carbonyl (C=O) groups excluding carboxylic acids is 1. The van der Waals surface area contributed by atoms with E-state index in [4.69, 9.17) is 5.73 Å². The highest BCUT2D eigenvalue weighted by molar-refractivity contribution is 5.93. The van der Waals surface area contributed by atoms with E-state index in [1.807, 2.05) is 25.8 Å². The van der Waals surface area contributed by atoms with Crippen LogP contribution in [0.15, 0.2) is 12.1 Å². The normalized spacial score (nSPS) is 11.8. The summed E-state index contributed by atoms with van der Waals surface area (Å²) < 4.78 is 0. The Morgan fingerprint density at radius 2 is 1.76 bits per heavy atom. The first kappa shape index (κ1) is 17.7. The molecule has 0 fully saturated rings. The Bertz CT molecular complexity index is 486. The van der Waals surface area contributed by atoms with Crippen molar-refractivity contribution in [2.75, 3.05) is 32.0 Å². The summed E-state index contributed by atoms with van der Waals surface area (Å²) in [4.78, 5) is 14.2. The van der Waals surface area contributed by atoms with Gasteiger partial charge in [-0.15, -0.1) is 0 Å². The fourth-order valence-electron chi connectivity index (χ4n) is 2.65. The van der Waals surface area contributed by atoms with Crippen LogP contribution < -0.4 is 11.1 Å². The monoisotopic (exact) mass is 291 g/mol. The summed E-state index contributed by atoms with van der Waals surface area (Å²) >= 11 is 0. The lowest BCUT2D eigenvalue weighted by Gasteiger charge is -2.28. The number of rotatable bonds is 6. The Morgan fingerprint density at radius 3 is 2.24 bits per heavy atom. The second-order valence-electron chi connectivity index (χ2n) is 6.86. The Hall–Kier alpha value is -1.39. The summed E-state index contributed by atoms with van der Waals surface area (Å²) in [6.07, 6.45) is 0. The largest absolute Gasteiger partial charge is 0.330 e. The molecule has 1 aromatic carbocycles. The van der Waals surface area contributed by atoms with Crippen LogP contribution in [0.4, 0.5) is 5.69 Å². The number of nitrogens with one attached hydrogen (secondary N) is 1. The third-order valence-corrected chi connectivity index (χ3v) is 3.61. The summed E-state index contributed by atoms with van der Waals surface area (Å²) in [6.45, 7) is 12.1. The summed E-state index contributed by atoms with van der Waals surface area (Å²) in [5, 5.41) is 3.03. The van der Waals surface area contributed by atoms with Gasteiger partial charge in [0.25, 0.3) is 0 Å². The van der Waals surface area contributed by atoms with Crippen molar-refractivity contribution in [3.63, 3.8) is 0 Å². The van der Waals surface area contributed by atoms with Crippen LogP contribution in [0.5, 0.6) is 0 Å². The summed E-state index contributed by atoms with van der Waals surface area (Å²) in [5.74, 6) is 0.0142. The van der Waals surface area contributed by atoms with E-state index in [9.17, 15) is 4.79 Å². The van der Waals surface area contributed by atoms with Crippen LogP contribution in [0, 0.1) is 26.2 Å². The minimum Gasteiger partial charge on any atom is -0.330 e. The Morgan fingerprint density at radius 1 is 1.24 bits per heavy atom. The number of nitrogens with two attached hydrogens (primary N) is 1. The van der Waals surface area contributed by atoms with Crippen LogP contribution in [-0.4, -0.2) is 37.5 Å². The third kappa shape index (κ3) is 5.48. The van der Waals surface area contributed by atoms with E-state index in [1.54, 1.807) is 0 Å². The first-order valence-corrected chi connectivity index (χ1v) is 7.41. The maximum atomic E-state index is 12.2. The fourth-order valence-corrected chi connectivity index (χ4v) is 2.65. The summed E-state index contributed by atoms with van der Waals surface area (Å²) in [7, 11) is 1.95. The quantitative estimate of drug-likeness (QED) is 0.846. The lowest BCUT2D eigenvalue weighted by molar-refractivity contribution is -0.117. The smallest absolute Gasteiger partial charge is 0.238 e. The third-order valence-electron chi connectivity index (χ3n) is 3.61. The number of nitrogens with zero attached hydrogens (tertiary/aromatic N) is 1. The molecule has 0 aliphatic rings. The van der Waals surface area contributed by atoms with Gasteiger partial charge in [0.05, 0.1) is 6.54 Å². The average molecular weight is 291 g/mol. The second kappa shape index (κ2) is 7.05. The van der Waals surface area contributed by atoms with Gasteiger partial charge >= 0.3 is 0 Å². The van der Waals surface area contributed by atoms with Crippen LogP contribution in [0.25, 0.3) is 0 Å². The predicted octanol–water partition coefficient (Wildman–Crippen LogP) is 2.47. The molecule has 0 saturated carbocycles. The number of hydrogen-bond acceptors (Lipinski definition) is 3. The van der Waals surface area contributed by atoms with Gasteiger partial charge in [0.1, 0.15) is 0 Å². The number of carbonyl (C=O) groups is 1. The highest BCUT2D eigenvalue weighted by atomic mass is 16.2. The highest BCUT2D eigenvalue weighted by Gasteiger charge is 2.19. The van der Waals surface area contributed by atoms with Crippen molar-refractivity contribution < 1.29 is 4.79 Å². The Labute approximate surface area is 128 Å². The van der Waals surface area contributed by atoms with E-state index in [1.165, 1.54) is 5.56 Å². The lowest BCUT2D eigenvalue weighted by Crippen LogP contribution is -2.40. The van der Waals surface area contributed by atoms with Crippen molar-refractivity contribution in [1.29, 1.82) is 0 Å². The summed E-state index contributed by atoms with van der Waals surface area (Å²) in [5.41, 5.74) is 10.1. The van der Waals surface area contributed by atoms with Gasteiger partial charge < -0.3 is 11.1 Å². The molecule has 118 valence electrons. The van der Waals surface area contributed by atoms with Gasteiger partial charge in [-0.3, -0.25) is 9.69 Å². The molecule has 0 radical (unpaired) electrons. The molecule has 0 atom stereocenters. The topological polar surface area (TPSA) is 58.4 Å². The molecular formula is C17H29N3O. The van der Waals surface area contributed by atoms with E-state index < -0.39 is 0 Å². The van der Waals surface area contributed by atoms with Gasteiger partial charge in [-0.25, -0.2) is 0 Å². The number of likely N-dealkylation sites (N-methyl/N-ethyl adjacent to an activating group) is 1. The molecule has 0 aliphatic heterocycles. The Balaban J connectivity index is 2.66. The maximum Gasteiger partial charge on any atom is 0.238 e. The van der Waals surface area contributed by atoms with E-state index in [0.29, 0.717) is 13.1 Å². The molecule has 1 aromatic rings. The van der Waals surface area contributed by atoms with Crippen LogP contribution in [-0.2, 0) is 4.79 Å². The molecule has 0 heterocycles. The standard InChI is InChI=1S/C17H29N3O/c1-12-7-13(2)16(14(3)8-12)19-15(21)9-20(6)11-17(4,5)10-18/h7-8H,9-11,18H2,1-6H3,(H,19,21). The molecule has 0 aliphatic carbocycles. The molecule has 1 rings (SSSR count). The minimum atomic E-state index is 0.0142. The van der Waals surface area contributed by atoms with E-state index in [-0.39, 0.29) is 11.3 Å². The fraction of sp³-hybridized carbons (Fsp3) is 0.588. The molecular weight excluding hydrogens is 262 g/mol. The van der Waals surface area contributed by atoms with Gasteiger partial charge in [-0.1, -0.05) is 31.5 Å². The van der Waals surface area contributed by atoms with E-state index in [2.05, 4.69) is 38.2 Å². The first-order valence-electron chi connectivity index (χ1n) is 7.41. The number of anilines is 1. The van der Waals surface area contributed by atoms with Gasteiger partial charge in [0.15, 0.2) is 0 Å². The SMILES string of the molecule is Cc1cc(C)c(NC(=O)CN(C)CC(C)(C)CN)c(C)c1. The van der Waals surface area contributed by atoms with Gasteiger partial charge in [0, 0.05) is 12.2 Å². The lowest BCUT2D eigenvalue weighted by atomic mass is 9.93. The van der Waals surface area contributed by atoms with Crippen molar-refractivity contribution in [2.45, 2.75) is 34.6 Å². The van der Waals surface area contributed by atoms with Gasteiger partial charge in [-0.2, -0.15) is 0 Å². The van der Waals surface area contributed by atoms with Crippen molar-refractivity contribution in [3.8, 4) is 0 Å². The number of aryl methyl sites for hydroxylation is 3. The van der Waals surface area contributed by atoms with Crippen molar-refractivity contribution in [3.05, 3.63) is 28.8 Å². The molecule has 3 N–H and O–H groups in total. The molecule has 21 heavy (non-hydrogen) atoms. The summed E-state index contributed by atoms with van der Waals surface area (Å²) in [6, 6.07) is 4.17. The molecule has 0 aromatic heterocycles. The molecule has 0 spiro atoms. The predicted molar refractivity (Wildman–Crippen MR) is 89.6 cm³/mol. The van der Waals surface area contributed by atoms with Gasteiger partial charge in [-0.05, 0) is 50.9 Å². The van der Waals surface area contributed by atoms with Crippen LogP contribution >= 0.6 is 0 Å². The molecule has 0 bridgehead atoms. The highest BCUT2D eigenvalue weighted by Crippen LogP contribution is 2.22. The molecule has 4 heteroatoms. The zero-order valence-electron chi connectivity index (χ0n) is 14.2. The minimum absolute atomic E-state index is 0.0142. The number of amides is 1. The molecule has 0 saturated heterocycles.